The summed E-state index contributed by atoms with van der Waals surface area (Å²) < 4.78 is 13.0. The number of halogens is 1. The first-order valence-corrected chi connectivity index (χ1v) is 5.74. The van der Waals surface area contributed by atoms with Crippen molar-refractivity contribution < 1.29 is 14.6 Å². The Kier molecular flexibility index (Phi) is 3.31. The summed E-state index contributed by atoms with van der Waals surface area (Å²) in [4.78, 5) is 5.92. The topological polar surface area (TPSA) is 56.6 Å². The second-order valence-electron chi connectivity index (χ2n) is 4.82. The van der Waals surface area contributed by atoms with Gasteiger partial charge in [0.15, 0.2) is 0 Å². The standard InChI is InChI=1S/C12H17FN2O2/c1-12(17)3-2-4-15(8-12)11-9(7-16)5-10(13)6-14-11/h5-6,16-17H,2-4,7-8H2,1H3. The Bertz CT molecular complexity index is 409. The van der Waals surface area contributed by atoms with Gasteiger partial charge in [0.05, 0.1) is 18.4 Å². The van der Waals surface area contributed by atoms with Crippen LogP contribution in [-0.4, -0.2) is 33.9 Å². The van der Waals surface area contributed by atoms with Gasteiger partial charge < -0.3 is 15.1 Å². The van der Waals surface area contributed by atoms with Crippen LogP contribution in [0.5, 0.6) is 0 Å². The summed E-state index contributed by atoms with van der Waals surface area (Å²) >= 11 is 0. The molecule has 0 aromatic carbocycles. The average Bonchev–Trinajstić information content (AvgIpc) is 2.27. The zero-order chi connectivity index (χ0) is 12.5. The largest absolute Gasteiger partial charge is 0.392 e. The smallest absolute Gasteiger partial charge is 0.142 e. The number of piperidine rings is 1. The molecule has 1 aliphatic rings. The highest BCUT2D eigenvalue weighted by Gasteiger charge is 2.29. The number of pyridine rings is 1. The molecule has 1 saturated heterocycles. The van der Waals surface area contributed by atoms with Crippen LogP contribution in [0.2, 0.25) is 0 Å². The molecule has 1 aliphatic heterocycles. The van der Waals surface area contributed by atoms with E-state index in [1.807, 2.05) is 4.90 Å². The van der Waals surface area contributed by atoms with Gasteiger partial charge in [0.2, 0.25) is 0 Å². The Labute approximate surface area is 99.7 Å². The van der Waals surface area contributed by atoms with Crippen molar-refractivity contribution in [3.8, 4) is 0 Å². The third-order valence-electron chi connectivity index (χ3n) is 3.05. The number of aliphatic hydroxyl groups excluding tert-OH is 1. The molecule has 1 fully saturated rings. The fourth-order valence-corrected chi connectivity index (χ4v) is 2.28. The van der Waals surface area contributed by atoms with Crippen molar-refractivity contribution in [2.75, 3.05) is 18.0 Å². The molecule has 2 N–H and O–H groups in total. The van der Waals surface area contributed by atoms with Crippen molar-refractivity contribution >= 4 is 5.82 Å². The summed E-state index contributed by atoms with van der Waals surface area (Å²) in [6.45, 7) is 2.75. The van der Waals surface area contributed by atoms with Crippen molar-refractivity contribution in [1.29, 1.82) is 0 Å². The van der Waals surface area contributed by atoms with Gasteiger partial charge in [-0.3, -0.25) is 0 Å². The highest BCUT2D eigenvalue weighted by molar-refractivity contribution is 5.47. The Morgan fingerprint density at radius 3 is 3.00 bits per heavy atom. The quantitative estimate of drug-likeness (QED) is 0.811. The summed E-state index contributed by atoms with van der Waals surface area (Å²) in [5, 5.41) is 19.2. The zero-order valence-corrected chi connectivity index (χ0v) is 9.86. The van der Waals surface area contributed by atoms with Gasteiger partial charge in [-0.2, -0.15) is 0 Å². The molecule has 0 saturated carbocycles. The van der Waals surface area contributed by atoms with Crippen LogP contribution in [0.3, 0.4) is 0 Å². The van der Waals surface area contributed by atoms with Crippen LogP contribution in [0.1, 0.15) is 25.3 Å². The van der Waals surface area contributed by atoms with E-state index in [1.165, 1.54) is 6.07 Å². The maximum Gasteiger partial charge on any atom is 0.142 e. The van der Waals surface area contributed by atoms with Crippen molar-refractivity contribution in [2.24, 2.45) is 0 Å². The molecule has 1 atom stereocenters. The molecule has 0 aliphatic carbocycles. The van der Waals surface area contributed by atoms with Crippen molar-refractivity contribution in [1.82, 2.24) is 4.98 Å². The summed E-state index contributed by atoms with van der Waals surface area (Å²) in [6, 6.07) is 1.28. The minimum Gasteiger partial charge on any atom is -0.392 e. The fraction of sp³-hybridized carbons (Fsp3) is 0.583. The summed E-state index contributed by atoms with van der Waals surface area (Å²) in [7, 11) is 0. The molecule has 0 radical (unpaired) electrons. The average molecular weight is 240 g/mol. The maximum absolute atomic E-state index is 13.0. The van der Waals surface area contributed by atoms with E-state index in [2.05, 4.69) is 4.98 Å². The van der Waals surface area contributed by atoms with E-state index in [9.17, 15) is 14.6 Å². The highest BCUT2D eigenvalue weighted by atomic mass is 19.1. The summed E-state index contributed by atoms with van der Waals surface area (Å²) in [6.07, 6.45) is 2.74. The van der Waals surface area contributed by atoms with Gasteiger partial charge in [0.1, 0.15) is 11.6 Å². The minimum absolute atomic E-state index is 0.251. The molecule has 1 unspecified atom stereocenters. The van der Waals surface area contributed by atoms with Gasteiger partial charge in [-0.05, 0) is 25.8 Å². The van der Waals surface area contributed by atoms with Gasteiger partial charge in [0, 0.05) is 18.7 Å². The van der Waals surface area contributed by atoms with Gasteiger partial charge in [0.25, 0.3) is 0 Å². The lowest BCUT2D eigenvalue weighted by Crippen LogP contribution is -2.46. The predicted octanol–water partition coefficient (Wildman–Crippen LogP) is 1.06. The molecule has 5 heteroatoms. The second-order valence-corrected chi connectivity index (χ2v) is 4.82. The molecule has 94 valence electrons. The van der Waals surface area contributed by atoms with E-state index < -0.39 is 11.4 Å². The highest BCUT2D eigenvalue weighted by Crippen LogP contribution is 2.26. The Hall–Kier alpha value is -1.20. The number of β-amino-alcohol motifs (C(OH)–C–C–N with tert-alkyl or cyclic N) is 1. The number of rotatable bonds is 2. The second kappa shape index (κ2) is 4.58. The van der Waals surface area contributed by atoms with Gasteiger partial charge in [-0.25, -0.2) is 9.37 Å². The molecule has 0 bridgehead atoms. The molecular weight excluding hydrogens is 223 g/mol. The number of aromatic nitrogens is 1. The predicted molar refractivity (Wildman–Crippen MR) is 62.2 cm³/mol. The number of nitrogens with zero attached hydrogens (tertiary/aromatic N) is 2. The number of aliphatic hydroxyl groups is 2. The molecule has 1 aromatic heterocycles. The van der Waals surface area contributed by atoms with E-state index in [0.717, 1.165) is 25.6 Å². The summed E-state index contributed by atoms with van der Waals surface area (Å²) in [5.41, 5.74) is -0.288. The first-order chi connectivity index (χ1) is 8.02. The van der Waals surface area contributed by atoms with E-state index in [-0.39, 0.29) is 6.61 Å². The monoisotopic (exact) mass is 240 g/mol. The molecular formula is C12H17FN2O2. The van der Waals surface area contributed by atoms with E-state index >= 15 is 0 Å². The molecule has 0 spiro atoms. The van der Waals surface area contributed by atoms with Crippen LogP contribution in [0, 0.1) is 5.82 Å². The molecule has 2 heterocycles. The molecule has 1 aromatic rings. The van der Waals surface area contributed by atoms with Crippen molar-refractivity contribution in [2.45, 2.75) is 32.0 Å². The Morgan fingerprint density at radius 2 is 2.35 bits per heavy atom. The maximum atomic E-state index is 13.0. The van der Waals surface area contributed by atoms with Crippen LogP contribution in [-0.2, 0) is 6.61 Å². The SMILES string of the molecule is CC1(O)CCCN(c2ncc(F)cc2CO)C1. The minimum atomic E-state index is -0.749. The van der Waals surface area contributed by atoms with Crippen molar-refractivity contribution in [3.63, 3.8) is 0 Å². The molecule has 2 rings (SSSR count). The lowest BCUT2D eigenvalue weighted by Gasteiger charge is -2.38. The lowest BCUT2D eigenvalue weighted by molar-refractivity contribution is 0.0446. The normalized spacial score (nSPS) is 25.1. The number of anilines is 1. The molecule has 4 nitrogen and oxygen atoms in total. The van der Waals surface area contributed by atoms with Gasteiger partial charge >= 0.3 is 0 Å². The van der Waals surface area contributed by atoms with Crippen LogP contribution in [0.15, 0.2) is 12.3 Å². The van der Waals surface area contributed by atoms with Crippen LogP contribution >= 0.6 is 0 Å². The third-order valence-corrected chi connectivity index (χ3v) is 3.05. The third kappa shape index (κ3) is 2.73. The van der Waals surface area contributed by atoms with Gasteiger partial charge in [-0.1, -0.05) is 0 Å². The Balaban J connectivity index is 2.27. The number of hydrogen-bond acceptors (Lipinski definition) is 4. The van der Waals surface area contributed by atoms with E-state index in [1.54, 1.807) is 6.92 Å². The van der Waals surface area contributed by atoms with Crippen molar-refractivity contribution in [3.05, 3.63) is 23.6 Å². The Morgan fingerprint density at radius 1 is 1.59 bits per heavy atom. The zero-order valence-electron chi connectivity index (χ0n) is 9.86. The van der Waals surface area contributed by atoms with Crippen LogP contribution in [0.25, 0.3) is 0 Å². The van der Waals surface area contributed by atoms with E-state index in [0.29, 0.717) is 17.9 Å². The van der Waals surface area contributed by atoms with Gasteiger partial charge in [-0.15, -0.1) is 0 Å². The fourth-order valence-electron chi connectivity index (χ4n) is 2.28. The first kappa shape index (κ1) is 12.3. The van der Waals surface area contributed by atoms with E-state index in [4.69, 9.17) is 0 Å². The summed E-state index contributed by atoms with van der Waals surface area (Å²) in [5.74, 6) is 0.107. The molecule has 0 amide bonds. The first-order valence-electron chi connectivity index (χ1n) is 5.74. The lowest BCUT2D eigenvalue weighted by atomic mass is 9.95. The van der Waals surface area contributed by atoms with Crippen LogP contribution in [0.4, 0.5) is 10.2 Å². The molecule has 17 heavy (non-hydrogen) atoms. The van der Waals surface area contributed by atoms with Crippen LogP contribution < -0.4 is 4.90 Å². The number of hydrogen-bond donors (Lipinski definition) is 2.